The molecule has 1 aromatic rings. The monoisotopic (exact) mass is 282 g/mol. The van der Waals surface area contributed by atoms with Gasteiger partial charge in [-0.1, -0.05) is 0 Å². The molecule has 0 bridgehead atoms. The normalized spacial score (nSPS) is 15.9. The molecule has 0 amide bonds. The van der Waals surface area contributed by atoms with Crippen molar-refractivity contribution in [3.05, 3.63) is 0 Å². The van der Waals surface area contributed by atoms with Gasteiger partial charge in [-0.3, -0.25) is 0 Å². The fourth-order valence-corrected chi connectivity index (χ4v) is 2.01. The zero-order chi connectivity index (χ0) is 14.2. The summed E-state index contributed by atoms with van der Waals surface area (Å²) in [5.74, 6) is 1.04. The molecule has 1 saturated heterocycles. The Morgan fingerprint density at radius 1 is 1.15 bits per heavy atom. The first kappa shape index (κ1) is 14.7. The van der Waals surface area contributed by atoms with Gasteiger partial charge in [-0.15, -0.1) is 0 Å². The Labute approximate surface area is 118 Å². The average molecular weight is 282 g/mol. The van der Waals surface area contributed by atoms with Crippen LogP contribution in [0.25, 0.3) is 0 Å². The Hall–Kier alpha value is -1.67. The predicted octanol–water partition coefficient (Wildman–Crippen LogP) is 0.102. The highest BCUT2D eigenvalue weighted by Gasteiger charge is 2.15. The fraction of sp³-hybridized carbons (Fsp3) is 0.750. The molecule has 0 radical (unpaired) electrons. The highest BCUT2D eigenvalue weighted by atomic mass is 16.5. The second-order valence-corrected chi connectivity index (χ2v) is 4.56. The summed E-state index contributed by atoms with van der Waals surface area (Å²) in [7, 11) is 3.20. The van der Waals surface area contributed by atoms with Crippen LogP contribution < -0.4 is 20.7 Å². The van der Waals surface area contributed by atoms with Crippen LogP contribution in [0.5, 0.6) is 6.01 Å². The van der Waals surface area contributed by atoms with Gasteiger partial charge in [-0.2, -0.15) is 15.0 Å². The Balaban J connectivity index is 2.00. The van der Waals surface area contributed by atoms with Crippen molar-refractivity contribution in [1.29, 1.82) is 0 Å². The van der Waals surface area contributed by atoms with E-state index in [9.17, 15) is 0 Å². The molecule has 8 nitrogen and oxygen atoms in total. The van der Waals surface area contributed by atoms with Gasteiger partial charge in [0, 0.05) is 19.7 Å². The maximum absolute atomic E-state index is 5.11. The molecule has 20 heavy (non-hydrogen) atoms. The van der Waals surface area contributed by atoms with Crippen molar-refractivity contribution >= 4 is 11.9 Å². The molecule has 1 fully saturated rings. The molecular weight excluding hydrogens is 260 g/mol. The van der Waals surface area contributed by atoms with E-state index in [0.29, 0.717) is 37.1 Å². The summed E-state index contributed by atoms with van der Waals surface area (Å²) in [5, 5.41) is 9.74. The maximum Gasteiger partial charge on any atom is 0.322 e. The van der Waals surface area contributed by atoms with Crippen LogP contribution in [0.1, 0.15) is 12.8 Å². The van der Waals surface area contributed by atoms with Crippen molar-refractivity contribution in [3.63, 3.8) is 0 Å². The standard InChI is InChI=1S/C12H22N6O2/c1-19-8-7-14-10-16-11(18-12(17-10)20-2)15-9-3-5-13-6-4-9/h9,13H,3-8H2,1-2H3,(H2,14,15,16,17,18). The lowest BCUT2D eigenvalue weighted by molar-refractivity contribution is 0.210. The summed E-state index contributed by atoms with van der Waals surface area (Å²) in [6.45, 7) is 3.25. The van der Waals surface area contributed by atoms with Crippen LogP contribution >= 0.6 is 0 Å². The summed E-state index contributed by atoms with van der Waals surface area (Å²) in [4.78, 5) is 12.7. The molecule has 3 N–H and O–H groups in total. The molecule has 8 heteroatoms. The van der Waals surface area contributed by atoms with Crippen LogP contribution in [0.4, 0.5) is 11.9 Å². The molecule has 0 unspecified atom stereocenters. The number of methoxy groups -OCH3 is 2. The largest absolute Gasteiger partial charge is 0.467 e. The van der Waals surface area contributed by atoms with Crippen LogP contribution in [0.2, 0.25) is 0 Å². The summed E-state index contributed by atoms with van der Waals surface area (Å²) >= 11 is 0. The average Bonchev–Trinajstić information content (AvgIpc) is 2.48. The van der Waals surface area contributed by atoms with E-state index in [1.54, 1.807) is 14.2 Å². The SMILES string of the molecule is COCCNc1nc(NC2CCNCC2)nc(OC)n1. The van der Waals surface area contributed by atoms with Crippen molar-refractivity contribution in [3.8, 4) is 6.01 Å². The van der Waals surface area contributed by atoms with Gasteiger partial charge in [0.1, 0.15) is 0 Å². The lowest BCUT2D eigenvalue weighted by Crippen LogP contribution is -2.35. The lowest BCUT2D eigenvalue weighted by atomic mass is 10.1. The highest BCUT2D eigenvalue weighted by molar-refractivity contribution is 5.36. The number of nitrogens with zero attached hydrogens (tertiary/aromatic N) is 3. The minimum atomic E-state index is 0.302. The number of piperidine rings is 1. The molecule has 1 aliphatic rings. The van der Waals surface area contributed by atoms with E-state index in [1.807, 2.05) is 0 Å². The van der Waals surface area contributed by atoms with Crippen LogP contribution in [0.3, 0.4) is 0 Å². The van der Waals surface area contributed by atoms with Crippen molar-refractivity contribution in [1.82, 2.24) is 20.3 Å². The third-order valence-corrected chi connectivity index (χ3v) is 3.06. The molecule has 0 spiro atoms. The second-order valence-electron chi connectivity index (χ2n) is 4.56. The molecule has 1 aromatic heterocycles. The minimum absolute atomic E-state index is 0.302. The van der Waals surface area contributed by atoms with Gasteiger partial charge in [0.15, 0.2) is 0 Å². The van der Waals surface area contributed by atoms with E-state index in [1.165, 1.54) is 0 Å². The van der Waals surface area contributed by atoms with Crippen molar-refractivity contribution in [2.45, 2.75) is 18.9 Å². The third-order valence-electron chi connectivity index (χ3n) is 3.06. The van der Waals surface area contributed by atoms with Gasteiger partial charge in [0.2, 0.25) is 11.9 Å². The maximum atomic E-state index is 5.11. The molecule has 1 aliphatic heterocycles. The zero-order valence-electron chi connectivity index (χ0n) is 12.0. The summed E-state index contributed by atoms with van der Waals surface area (Å²) in [5.41, 5.74) is 0. The van der Waals surface area contributed by atoms with Crippen molar-refractivity contribution in [2.24, 2.45) is 0 Å². The number of anilines is 2. The van der Waals surface area contributed by atoms with Crippen molar-refractivity contribution in [2.75, 3.05) is 51.1 Å². The Bertz CT molecular complexity index is 411. The molecule has 0 saturated carbocycles. The highest BCUT2D eigenvalue weighted by Crippen LogP contribution is 2.14. The van der Waals surface area contributed by atoms with E-state index >= 15 is 0 Å². The first-order chi connectivity index (χ1) is 9.81. The first-order valence-corrected chi connectivity index (χ1v) is 6.82. The number of rotatable bonds is 7. The minimum Gasteiger partial charge on any atom is -0.467 e. The van der Waals surface area contributed by atoms with Gasteiger partial charge in [0.25, 0.3) is 0 Å². The topological polar surface area (TPSA) is 93.2 Å². The fourth-order valence-electron chi connectivity index (χ4n) is 2.01. The number of aromatic nitrogens is 3. The molecule has 112 valence electrons. The molecule has 2 heterocycles. The number of nitrogens with one attached hydrogen (secondary N) is 3. The van der Waals surface area contributed by atoms with E-state index in [-0.39, 0.29) is 0 Å². The molecular formula is C12H22N6O2. The van der Waals surface area contributed by atoms with Gasteiger partial charge in [-0.25, -0.2) is 0 Å². The van der Waals surface area contributed by atoms with E-state index in [0.717, 1.165) is 25.9 Å². The first-order valence-electron chi connectivity index (χ1n) is 6.82. The van der Waals surface area contributed by atoms with E-state index in [4.69, 9.17) is 9.47 Å². The Kier molecular flexibility index (Phi) is 5.75. The van der Waals surface area contributed by atoms with E-state index < -0.39 is 0 Å². The summed E-state index contributed by atoms with van der Waals surface area (Å²) in [6, 6.07) is 0.687. The third kappa shape index (κ3) is 4.46. The number of hydrogen-bond donors (Lipinski definition) is 3. The molecule has 0 atom stereocenters. The van der Waals surface area contributed by atoms with Gasteiger partial charge in [-0.05, 0) is 25.9 Å². The molecule has 0 aliphatic carbocycles. The number of hydrogen-bond acceptors (Lipinski definition) is 8. The summed E-state index contributed by atoms with van der Waals surface area (Å²) in [6.07, 6.45) is 2.11. The van der Waals surface area contributed by atoms with Crippen LogP contribution in [0.15, 0.2) is 0 Å². The molecule has 0 aromatic carbocycles. The van der Waals surface area contributed by atoms with Gasteiger partial charge in [0.05, 0.1) is 13.7 Å². The van der Waals surface area contributed by atoms with Crippen LogP contribution in [-0.4, -0.2) is 61.5 Å². The quantitative estimate of drug-likeness (QED) is 0.606. The van der Waals surface area contributed by atoms with Crippen molar-refractivity contribution < 1.29 is 9.47 Å². The molecule has 2 rings (SSSR count). The number of ether oxygens (including phenoxy) is 2. The zero-order valence-corrected chi connectivity index (χ0v) is 12.0. The Morgan fingerprint density at radius 2 is 1.90 bits per heavy atom. The van der Waals surface area contributed by atoms with Gasteiger partial charge >= 0.3 is 6.01 Å². The van der Waals surface area contributed by atoms with E-state index in [2.05, 4.69) is 30.9 Å². The van der Waals surface area contributed by atoms with Crippen LogP contribution in [-0.2, 0) is 4.74 Å². The predicted molar refractivity (Wildman–Crippen MR) is 76.3 cm³/mol. The summed E-state index contributed by atoms with van der Waals surface area (Å²) < 4.78 is 10.1. The Morgan fingerprint density at radius 3 is 2.60 bits per heavy atom. The van der Waals surface area contributed by atoms with Crippen LogP contribution in [0, 0.1) is 0 Å². The smallest absolute Gasteiger partial charge is 0.322 e. The lowest BCUT2D eigenvalue weighted by Gasteiger charge is -2.23. The van der Waals surface area contributed by atoms with Gasteiger partial charge < -0.3 is 25.4 Å². The second kappa shape index (κ2) is 7.81.